The Morgan fingerprint density at radius 3 is 2.48 bits per heavy atom. The van der Waals surface area contributed by atoms with Crippen LogP contribution in [0.25, 0.3) is 5.69 Å². The molecule has 29 heavy (non-hydrogen) atoms. The minimum absolute atomic E-state index is 0.0583. The Hall–Kier alpha value is -3.12. The first kappa shape index (κ1) is 17.9. The highest BCUT2D eigenvalue weighted by molar-refractivity contribution is 8.26. The summed E-state index contributed by atoms with van der Waals surface area (Å²) in [7, 11) is 0. The van der Waals surface area contributed by atoms with Crippen LogP contribution in [0.5, 0.6) is 17.2 Å². The zero-order chi connectivity index (χ0) is 19.8. The largest absolute Gasteiger partial charge is 0.546 e. The van der Waals surface area contributed by atoms with Gasteiger partial charge in [-0.25, -0.2) is 4.68 Å². The van der Waals surface area contributed by atoms with Gasteiger partial charge in [0.25, 0.3) is 0 Å². The topological polar surface area (TPSA) is 36.3 Å². The SMILES string of the molecule is Cc1cc(C)n(-c2cccc(Oc3cccc(B4Oc5ccccc5S4)c3)c2)n1. The molecule has 0 unspecified atom stereocenters. The first-order valence-electron chi connectivity index (χ1n) is 9.49. The number of fused-ring (bicyclic) bond motifs is 1. The third-order valence-corrected chi connectivity index (χ3v) is 5.93. The van der Waals surface area contributed by atoms with E-state index < -0.39 is 0 Å². The number of hydrogen-bond donors (Lipinski definition) is 0. The van der Waals surface area contributed by atoms with Gasteiger partial charge in [0, 0.05) is 16.7 Å². The van der Waals surface area contributed by atoms with Crippen LogP contribution in [-0.4, -0.2) is 16.0 Å². The van der Waals surface area contributed by atoms with Gasteiger partial charge in [0.1, 0.15) is 17.2 Å². The molecule has 0 saturated heterocycles. The normalized spacial score (nSPS) is 12.6. The Bertz CT molecular complexity index is 1170. The van der Waals surface area contributed by atoms with E-state index in [-0.39, 0.29) is 6.19 Å². The van der Waals surface area contributed by atoms with Crippen molar-refractivity contribution in [1.82, 2.24) is 9.78 Å². The highest BCUT2D eigenvalue weighted by Gasteiger charge is 2.31. The van der Waals surface area contributed by atoms with Crippen LogP contribution in [0.2, 0.25) is 0 Å². The second kappa shape index (κ2) is 7.37. The van der Waals surface area contributed by atoms with Gasteiger partial charge in [0.15, 0.2) is 0 Å². The first-order valence-corrected chi connectivity index (χ1v) is 10.4. The quantitative estimate of drug-likeness (QED) is 0.445. The first-order chi connectivity index (χ1) is 14.2. The molecule has 0 N–H and O–H groups in total. The Kier molecular flexibility index (Phi) is 4.56. The molecular formula is C23H19BN2O2S. The molecule has 0 fully saturated rings. The second-order valence-electron chi connectivity index (χ2n) is 7.03. The number of ether oxygens (including phenoxy) is 1. The van der Waals surface area contributed by atoms with Crippen molar-refractivity contribution in [3.8, 4) is 22.9 Å². The molecule has 6 heteroatoms. The van der Waals surface area contributed by atoms with E-state index in [1.165, 1.54) is 4.90 Å². The zero-order valence-corrected chi connectivity index (χ0v) is 17.0. The maximum Gasteiger partial charge on any atom is 0.467 e. The summed E-state index contributed by atoms with van der Waals surface area (Å²) in [5, 5.41) is 4.56. The highest BCUT2D eigenvalue weighted by Crippen LogP contribution is 2.38. The number of aryl methyl sites for hydroxylation is 2. The van der Waals surface area contributed by atoms with Crippen molar-refractivity contribution in [3.05, 3.63) is 90.3 Å². The average molecular weight is 398 g/mol. The molecule has 1 aliphatic heterocycles. The fourth-order valence-electron chi connectivity index (χ4n) is 3.47. The Labute approximate surface area is 174 Å². The Morgan fingerprint density at radius 2 is 1.69 bits per heavy atom. The molecule has 4 nitrogen and oxygen atoms in total. The van der Waals surface area contributed by atoms with E-state index in [1.54, 1.807) is 11.6 Å². The lowest BCUT2D eigenvalue weighted by atomic mass is 9.86. The molecule has 0 amide bonds. The summed E-state index contributed by atoms with van der Waals surface area (Å²) in [4.78, 5) is 1.17. The van der Waals surface area contributed by atoms with Crippen molar-refractivity contribution in [1.29, 1.82) is 0 Å². The van der Waals surface area contributed by atoms with Gasteiger partial charge in [-0.05, 0) is 61.8 Å². The van der Waals surface area contributed by atoms with E-state index in [1.807, 2.05) is 79.2 Å². The number of aromatic nitrogens is 2. The molecule has 142 valence electrons. The average Bonchev–Trinajstić information content (AvgIpc) is 3.31. The molecule has 0 atom stereocenters. The van der Waals surface area contributed by atoms with Crippen molar-refractivity contribution in [3.63, 3.8) is 0 Å². The number of hydrogen-bond acceptors (Lipinski definition) is 4. The summed E-state index contributed by atoms with van der Waals surface area (Å²) in [6.45, 7) is 4.05. The molecule has 5 rings (SSSR count). The van der Waals surface area contributed by atoms with Crippen LogP contribution in [0.4, 0.5) is 0 Å². The summed E-state index contributed by atoms with van der Waals surface area (Å²) in [6, 6.07) is 26.2. The third-order valence-electron chi connectivity index (χ3n) is 4.75. The van der Waals surface area contributed by atoms with Crippen molar-refractivity contribution in [2.45, 2.75) is 18.7 Å². The number of nitrogens with zero attached hydrogens (tertiary/aromatic N) is 2. The van der Waals surface area contributed by atoms with Crippen LogP contribution in [0.3, 0.4) is 0 Å². The summed E-state index contributed by atoms with van der Waals surface area (Å²) in [5.74, 6) is 2.50. The second-order valence-corrected chi connectivity index (χ2v) is 8.13. The standard InChI is InChI=1S/C23H19BN2O2S/c1-16-13-17(2)26(25-16)19-8-6-10-21(15-19)27-20-9-5-7-18(14-20)24-28-22-11-3-4-12-23(22)29-24/h3-15H,1-2H3. The van der Waals surface area contributed by atoms with Gasteiger partial charge in [0.05, 0.1) is 11.4 Å². The molecule has 0 saturated carbocycles. The highest BCUT2D eigenvalue weighted by atomic mass is 32.2. The van der Waals surface area contributed by atoms with Crippen LogP contribution in [0.1, 0.15) is 11.4 Å². The molecule has 1 aromatic heterocycles. The van der Waals surface area contributed by atoms with E-state index in [9.17, 15) is 0 Å². The molecule has 0 aliphatic carbocycles. The fourth-order valence-corrected chi connectivity index (χ4v) is 4.52. The predicted molar refractivity (Wildman–Crippen MR) is 118 cm³/mol. The van der Waals surface area contributed by atoms with E-state index in [2.05, 4.69) is 23.3 Å². The Balaban J connectivity index is 1.38. The number of para-hydroxylation sites is 1. The predicted octanol–water partition coefficient (Wildman–Crippen LogP) is 5.16. The minimum Gasteiger partial charge on any atom is -0.546 e. The third kappa shape index (κ3) is 3.63. The van der Waals surface area contributed by atoms with Crippen molar-refractivity contribution >= 4 is 23.3 Å². The summed E-state index contributed by atoms with van der Waals surface area (Å²) >= 11 is 1.72. The van der Waals surface area contributed by atoms with Gasteiger partial charge < -0.3 is 9.39 Å². The van der Waals surface area contributed by atoms with Crippen LogP contribution in [-0.2, 0) is 0 Å². The maximum absolute atomic E-state index is 6.16. The Morgan fingerprint density at radius 1 is 0.897 bits per heavy atom. The molecule has 0 spiro atoms. The number of rotatable bonds is 4. The lowest BCUT2D eigenvalue weighted by Gasteiger charge is -2.11. The smallest absolute Gasteiger partial charge is 0.467 e. The van der Waals surface area contributed by atoms with Gasteiger partial charge >= 0.3 is 6.19 Å². The maximum atomic E-state index is 6.16. The van der Waals surface area contributed by atoms with E-state index in [4.69, 9.17) is 9.39 Å². The van der Waals surface area contributed by atoms with Crippen LogP contribution >= 0.6 is 11.6 Å². The van der Waals surface area contributed by atoms with Crippen LogP contribution in [0.15, 0.2) is 83.8 Å². The van der Waals surface area contributed by atoms with Gasteiger partial charge in [-0.15, -0.1) is 11.6 Å². The number of benzene rings is 3. The monoisotopic (exact) mass is 398 g/mol. The van der Waals surface area contributed by atoms with Gasteiger partial charge in [-0.2, -0.15) is 5.10 Å². The van der Waals surface area contributed by atoms with Gasteiger partial charge in [-0.3, -0.25) is 0 Å². The minimum atomic E-state index is -0.0583. The lowest BCUT2D eigenvalue weighted by Crippen LogP contribution is -2.30. The molecule has 0 radical (unpaired) electrons. The van der Waals surface area contributed by atoms with Gasteiger partial charge in [0.2, 0.25) is 0 Å². The molecular weight excluding hydrogens is 379 g/mol. The fraction of sp³-hybridized carbons (Fsp3) is 0.0870. The van der Waals surface area contributed by atoms with Crippen molar-refractivity contribution in [2.24, 2.45) is 0 Å². The van der Waals surface area contributed by atoms with E-state index >= 15 is 0 Å². The van der Waals surface area contributed by atoms with Crippen molar-refractivity contribution < 1.29 is 9.39 Å². The molecule has 4 aromatic rings. The van der Waals surface area contributed by atoms with Gasteiger partial charge in [-0.1, -0.05) is 30.3 Å². The van der Waals surface area contributed by atoms with Crippen LogP contribution < -0.4 is 14.9 Å². The van der Waals surface area contributed by atoms with E-state index in [0.29, 0.717) is 0 Å². The van der Waals surface area contributed by atoms with E-state index in [0.717, 1.165) is 39.8 Å². The zero-order valence-electron chi connectivity index (χ0n) is 16.2. The summed E-state index contributed by atoms with van der Waals surface area (Å²) < 4.78 is 14.2. The summed E-state index contributed by atoms with van der Waals surface area (Å²) in [6.07, 6.45) is -0.0583. The lowest BCUT2D eigenvalue weighted by molar-refractivity contribution is 0.482. The molecule has 2 heterocycles. The molecule has 0 bridgehead atoms. The van der Waals surface area contributed by atoms with Crippen molar-refractivity contribution in [2.75, 3.05) is 0 Å². The molecule has 1 aliphatic rings. The molecule has 3 aromatic carbocycles. The summed E-state index contributed by atoms with van der Waals surface area (Å²) in [5.41, 5.74) is 4.15. The van der Waals surface area contributed by atoms with Crippen LogP contribution in [0, 0.1) is 13.8 Å².